The summed E-state index contributed by atoms with van der Waals surface area (Å²) in [6.07, 6.45) is -5.34. The molecule has 0 saturated carbocycles. The van der Waals surface area contributed by atoms with E-state index in [1.165, 1.54) is 24.0 Å². The number of hydrogen-bond donors (Lipinski definition) is 1. The lowest BCUT2D eigenvalue weighted by Crippen LogP contribution is -2.51. The summed E-state index contributed by atoms with van der Waals surface area (Å²) in [6, 6.07) is 3.25. The summed E-state index contributed by atoms with van der Waals surface area (Å²) < 4.78 is 80.3. The van der Waals surface area contributed by atoms with Crippen molar-refractivity contribution in [3.05, 3.63) is 57.0 Å². The molecule has 0 aliphatic carbocycles. The lowest BCUT2D eigenvalue weighted by atomic mass is 9.74. The summed E-state index contributed by atoms with van der Waals surface area (Å²) >= 11 is 0. The fraction of sp³-hybridized carbons (Fsp3) is 0.455. The number of nitrogens with zero attached hydrogens (tertiary/aromatic N) is 4. The van der Waals surface area contributed by atoms with Gasteiger partial charge in [0.2, 0.25) is 11.6 Å². The molecule has 0 bridgehead atoms. The minimum atomic E-state index is -4.73. The number of halogens is 5. The van der Waals surface area contributed by atoms with E-state index >= 15 is 0 Å². The van der Waals surface area contributed by atoms with Crippen LogP contribution >= 0.6 is 0 Å². The number of alkyl halides is 3. The summed E-state index contributed by atoms with van der Waals surface area (Å²) in [5.41, 5.74) is -2.22. The molecule has 1 fully saturated rings. The highest BCUT2D eigenvalue weighted by Crippen LogP contribution is 2.51. The van der Waals surface area contributed by atoms with Gasteiger partial charge in [-0.15, -0.1) is 10.2 Å². The van der Waals surface area contributed by atoms with Crippen LogP contribution in [0.3, 0.4) is 0 Å². The number of methoxy groups -OCH3 is 1. The molecule has 1 aliphatic heterocycles. The molecule has 0 amide bonds. The van der Waals surface area contributed by atoms with Crippen molar-refractivity contribution in [2.75, 3.05) is 13.7 Å². The summed E-state index contributed by atoms with van der Waals surface area (Å²) in [4.78, 5) is 17.2. The second kappa shape index (κ2) is 8.70. The second-order valence-corrected chi connectivity index (χ2v) is 8.63. The molecular weight excluding hydrogens is 477 g/mol. The van der Waals surface area contributed by atoms with E-state index in [-0.39, 0.29) is 22.6 Å². The van der Waals surface area contributed by atoms with Crippen LogP contribution in [0.1, 0.15) is 42.1 Å². The summed E-state index contributed by atoms with van der Waals surface area (Å²) in [5, 5.41) is 11.6. The van der Waals surface area contributed by atoms with E-state index in [4.69, 9.17) is 9.47 Å². The first-order valence-corrected chi connectivity index (χ1v) is 10.6. The van der Waals surface area contributed by atoms with Crippen molar-refractivity contribution in [2.45, 2.75) is 43.9 Å². The average molecular weight is 499 g/mol. The van der Waals surface area contributed by atoms with Gasteiger partial charge >= 0.3 is 6.18 Å². The van der Waals surface area contributed by atoms with Gasteiger partial charge in [-0.1, -0.05) is 6.07 Å². The number of ether oxygens (including phenoxy) is 2. The number of tetrazole rings is 1. The number of aryl methyl sites for hydroxylation is 2. The number of aromatic amines is 1. The maximum absolute atomic E-state index is 14.5. The van der Waals surface area contributed by atoms with Crippen LogP contribution in [-0.4, -0.2) is 50.7 Å². The Balaban J connectivity index is 1.85. The van der Waals surface area contributed by atoms with Crippen molar-refractivity contribution in [1.82, 2.24) is 25.2 Å². The highest BCUT2D eigenvalue weighted by atomic mass is 19.4. The van der Waals surface area contributed by atoms with E-state index in [1.807, 2.05) is 0 Å². The number of aromatic nitrogens is 5. The van der Waals surface area contributed by atoms with Crippen LogP contribution in [-0.2, 0) is 11.8 Å². The number of H-pyrrole nitrogens is 1. The highest BCUT2D eigenvalue weighted by molar-refractivity contribution is 5.57. The predicted octanol–water partition coefficient (Wildman–Crippen LogP) is 3.77. The molecule has 3 heterocycles. The van der Waals surface area contributed by atoms with Gasteiger partial charge in [0.15, 0.2) is 22.6 Å². The first-order valence-electron chi connectivity index (χ1n) is 10.6. The highest BCUT2D eigenvalue weighted by Gasteiger charge is 2.57. The molecular formula is C22H22F5N5O3. The monoisotopic (exact) mass is 499 g/mol. The minimum absolute atomic E-state index is 0.0355. The lowest BCUT2D eigenvalue weighted by molar-refractivity contribution is -0.286. The molecule has 0 spiro atoms. The molecule has 3 atom stereocenters. The Bertz CT molecular complexity index is 1320. The van der Waals surface area contributed by atoms with Crippen LogP contribution in [0.5, 0.6) is 5.75 Å². The van der Waals surface area contributed by atoms with Crippen molar-refractivity contribution in [3.63, 3.8) is 0 Å². The molecule has 1 aliphatic rings. The molecule has 3 aromatic rings. The summed E-state index contributed by atoms with van der Waals surface area (Å²) in [6.45, 7) is 2.05. The largest absolute Gasteiger partial charge is 0.493 e. The first kappa shape index (κ1) is 24.8. The van der Waals surface area contributed by atoms with E-state index < -0.39 is 59.5 Å². The zero-order chi connectivity index (χ0) is 25.7. The smallest absolute Gasteiger partial charge is 0.417 e. The Hall–Kier alpha value is -3.35. The van der Waals surface area contributed by atoms with Gasteiger partial charge in [0.1, 0.15) is 0 Å². The number of hydrogen-bond acceptors (Lipinski definition) is 6. The van der Waals surface area contributed by atoms with Gasteiger partial charge in [0, 0.05) is 34.9 Å². The second-order valence-electron chi connectivity index (χ2n) is 8.63. The van der Waals surface area contributed by atoms with Gasteiger partial charge in [-0.2, -0.15) is 22.4 Å². The Kier molecular flexibility index (Phi) is 6.16. The van der Waals surface area contributed by atoms with Crippen LogP contribution < -0.4 is 10.2 Å². The zero-order valence-corrected chi connectivity index (χ0v) is 19.2. The molecule has 0 unspecified atom stereocenters. The normalized spacial score (nSPS) is 22.9. The van der Waals surface area contributed by atoms with Crippen molar-refractivity contribution in [1.29, 1.82) is 0 Å². The molecule has 35 heavy (non-hydrogen) atoms. The molecule has 8 nitrogen and oxygen atoms in total. The topological polar surface area (TPSA) is 94.9 Å². The molecule has 0 radical (unpaired) electrons. The van der Waals surface area contributed by atoms with Gasteiger partial charge in [-0.05, 0) is 31.5 Å². The Labute approximate surface area is 196 Å². The Morgan fingerprint density at radius 1 is 1.26 bits per heavy atom. The van der Waals surface area contributed by atoms with Gasteiger partial charge in [-0.25, -0.2) is 4.39 Å². The van der Waals surface area contributed by atoms with Crippen LogP contribution in [0.2, 0.25) is 0 Å². The summed E-state index contributed by atoms with van der Waals surface area (Å²) in [5.74, 6) is -4.78. The molecule has 1 saturated heterocycles. The SMILES string of the molecule is COc1c([C@@H]2C[C@](C)(C(F)(F)F)OC[C@H]2c2cc(=O)c(-c3nnn(C)n3)c(C)[nH]2)ccc(F)c1F. The predicted molar refractivity (Wildman–Crippen MR) is 113 cm³/mol. The number of benzene rings is 1. The lowest BCUT2D eigenvalue weighted by Gasteiger charge is -2.44. The van der Waals surface area contributed by atoms with Crippen molar-refractivity contribution < 1.29 is 31.4 Å². The van der Waals surface area contributed by atoms with Gasteiger partial charge in [0.25, 0.3) is 0 Å². The summed E-state index contributed by atoms with van der Waals surface area (Å²) in [7, 11) is 2.64. The fourth-order valence-electron chi connectivity index (χ4n) is 4.46. The third-order valence-corrected chi connectivity index (χ3v) is 6.33. The number of nitrogens with one attached hydrogen (secondary N) is 1. The van der Waals surface area contributed by atoms with Gasteiger partial charge in [0.05, 0.1) is 26.3 Å². The quantitative estimate of drug-likeness (QED) is 0.550. The first-order chi connectivity index (χ1) is 16.4. The van der Waals surface area contributed by atoms with Gasteiger partial charge in [-0.3, -0.25) is 4.79 Å². The standard InChI is InChI=1S/C22H22F5N5O3/c1-10-17(20-29-31-32(3)30-20)16(33)7-15(28-10)13-9-35-21(2,22(25,26)27)8-12(13)11-5-6-14(23)18(24)19(11)34-4/h5-7,12-13H,8-9H2,1-4H3,(H,28,33)/t12-,13+,21+/m0/s1. The molecule has 4 rings (SSSR count). The van der Waals surface area contributed by atoms with Crippen molar-refractivity contribution in [2.24, 2.45) is 7.05 Å². The van der Waals surface area contributed by atoms with Gasteiger partial charge < -0.3 is 14.5 Å². The van der Waals surface area contributed by atoms with E-state index in [2.05, 4.69) is 20.4 Å². The number of pyridine rings is 1. The maximum atomic E-state index is 14.5. The molecule has 13 heteroatoms. The van der Waals surface area contributed by atoms with Crippen LogP contribution in [0.25, 0.3) is 11.4 Å². The van der Waals surface area contributed by atoms with Crippen molar-refractivity contribution >= 4 is 0 Å². The van der Waals surface area contributed by atoms with E-state index in [0.717, 1.165) is 20.1 Å². The Morgan fingerprint density at radius 3 is 2.54 bits per heavy atom. The Morgan fingerprint density at radius 2 is 1.97 bits per heavy atom. The van der Waals surface area contributed by atoms with E-state index in [9.17, 15) is 26.7 Å². The van der Waals surface area contributed by atoms with E-state index in [0.29, 0.717) is 5.69 Å². The third-order valence-electron chi connectivity index (χ3n) is 6.33. The molecule has 1 N–H and O–H groups in total. The average Bonchev–Trinajstić information content (AvgIpc) is 3.19. The minimum Gasteiger partial charge on any atom is -0.493 e. The van der Waals surface area contributed by atoms with Crippen LogP contribution in [0, 0.1) is 18.6 Å². The molecule has 188 valence electrons. The maximum Gasteiger partial charge on any atom is 0.417 e. The van der Waals surface area contributed by atoms with Crippen molar-refractivity contribution in [3.8, 4) is 17.1 Å². The molecule has 1 aromatic carbocycles. The van der Waals surface area contributed by atoms with Crippen LogP contribution in [0.4, 0.5) is 22.0 Å². The third kappa shape index (κ3) is 4.28. The number of rotatable bonds is 4. The fourth-order valence-corrected chi connectivity index (χ4v) is 4.46. The molecule has 2 aromatic heterocycles. The van der Waals surface area contributed by atoms with Crippen LogP contribution in [0.15, 0.2) is 23.0 Å². The van der Waals surface area contributed by atoms with E-state index in [1.54, 1.807) is 6.92 Å². The zero-order valence-electron chi connectivity index (χ0n) is 19.2.